The van der Waals surface area contributed by atoms with E-state index in [9.17, 15) is 13.2 Å². The van der Waals surface area contributed by atoms with Gasteiger partial charge in [-0.25, -0.2) is 0 Å². The molecule has 0 bridgehead atoms. The predicted octanol–water partition coefficient (Wildman–Crippen LogP) is 6.57. The first kappa shape index (κ1) is 23.7. The molecule has 0 N–H and O–H groups in total. The van der Waals surface area contributed by atoms with Crippen molar-refractivity contribution in [2.24, 2.45) is 0 Å². The van der Waals surface area contributed by atoms with Gasteiger partial charge in [0.2, 0.25) is 0 Å². The number of alkyl halides is 3. The number of nitrogens with zero attached hydrogens (tertiary/aromatic N) is 3. The second-order valence-corrected chi connectivity index (χ2v) is 8.42. The van der Waals surface area contributed by atoms with Crippen LogP contribution in [0.4, 0.5) is 13.2 Å². The largest absolute Gasteiger partial charge is 0.497 e. The quantitative estimate of drug-likeness (QED) is 0.277. The molecule has 0 fully saturated rings. The molecule has 1 heterocycles. The average molecular weight is 486 g/mol. The molecule has 4 rings (SSSR count). The SMILES string of the molecule is COc1cc(OC)cc(-c2nnc(SCc3ccccc3C(F)(F)F)n2-c2ccccc2C)c1. The molecule has 34 heavy (non-hydrogen) atoms. The van der Waals surface area contributed by atoms with Gasteiger partial charge in [0, 0.05) is 17.4 Å². The summed E-state index contributed by atoms with van der Waals surface area (Å²) in [6.45, 7) is 1.96. The minimum absolute atomic E-state index is 0.0845. The van der Waals surface area contributed by atoms with Crippen LogP contribution in [0.3, 0.4) is 0 Å². The predicted molar refractivity (Wildman–Crippen MR) is 126 cm³/mol. The third kappa shape index (κ3) is 4.89. The monoisotopic (exact) mass is 485 g/mol. The molecule has 0 aliphatic carbocycles. The highest BCUT2D eigenvalue weighted by molar-refractivity contribution is 7.98. The zero-order valence-electron chi connectivity index (χ0n) is 18.8. The van der Waals surface area contributed by atoms with Crippen LogP contribution < -0.4 is 9.47 Å². The number of para-hydroxylation sites is 1. The molecule has 0 amide bonds. The summed E-state index contributed by atoms with van der Waals surface area (Å²) >= 11 is 1.20. The van der Waals surface area contributed by atoms with Gasteiger partial charge in [0.25, 0.3) is 0 Å². The highest BCUT2D eigenvalue weighted by atomic mass is 32.2. The zero-order valence-corrected chi connectivity index (χ0v) is 19.6. The van der Waals surface area contributed by atoms with Crippen LogP contribution in [-0.4, -0.2) is 29.0 Å². The molecule has 176 valence electrons. The maximum Gasteiger partial charge on any atom is 0.416 e. The van der Waals surface area contributed by atoms with Gasteiger partial charge in [-0.3, -0.25) is 4.57 Å². The first-order valence-electron chi connectivity index (χ1n) is 10.3. The number of hydrogen-bond donors (Lipinski definition) is 0. The Morgan fingerprint density at radius 3 is 2.18 bits per heavy atom. The van der Waals surface area contributed by atoms with Crippen LogP contribution in [0.1, 0.15) is 16.7 Å². The van der Waals surface area contributed by atoms with Crippen molar-refractivity contribution < 1.29 is 22.6 Å². The smallest absolute Gasteiger partial charge is 0.416 e. The second-order valence-electron chi connectivity index (χ2n) is 7.47. The van der Waals surface area contributed by atoms with Crippen molar-refractivity contribution in [3.8, 4) is 28.6 Å². The summed E-state index contributed by atoms with van der Waals surface area (Å²) in [6, 6.07) is 18.6. The molecule has 5 nitrogen and oxygen atoms in total. The number of aromatic nitrogens is 3. The number of halogens is 3. The lowest BCUT2D eigenvalue weighted by molar-refractivity contribution is -0.138. The molecule has 0 saturated carbocycles. The molecule has 0 aliphatic heterocycles. The van der Waals surface area contributed by atoms with Crippen LogP contribution in [0.2, 0.25) is 0 Å². The summed E-state index contributed by atoms with van der Waals surface area (Å²) in [5, 5.41) is 9.21. The Balaban J connectivity index is 1.80. The van der Waals surface area contributed by atoms with E-state index in [-0.39, 0.29) is 11.3 Å². The Hall–Kier alpha value is -3.46. The van der Waals surface area contributed by atoms with Gasteiger partial charge >= 0.3 is 6.18 Å². The van der Waals surface area contributed by atoms with Crippen LogP contribution in [-0.2, 0) is 11.9 Å². The molecular weight excluding hydrogens is 463 g/mol. The van der Waals surface area contributed by atoms with E-state index in [4.69, 9.17) is 9.47 Å². The summed E-state index contributed by atoms with van der Waals surface area (Å²) in [5.74, 6) is 1.78. The van der Waals surface area contributed by atoms with Crippen LogP contribution in [0, 0.1) is 6.92 Å². The lowest BCUT2D eigenvalue weighted by Gasteiger charge is -2.15. The van der Waals surface area contributed by atoms with E-state index in [0.29, 0.717) is 28.0 Å². The molecule has 1 aromatic heterocycles. The van der Waals surface area contributed by atoms with Crippen molar-refractivity contribution in [2.45, 2.75) is 24.0 Å². The fourth-order valence-electron chi connectivity index (χ4n) is 3.58. The number of ether oxygens (including phenoxy) is 2. The van der Waals surface area contributed by atoms with Gasteiger partial charge in [-0.15, -0.1) is 10.2 Å². The van der Waals surface area contributed by atoms with E-state index < -0.39 is 11.7 Å². The number of benzene rings is 3. The summed E-state index contributed by atoms with van der Waals surface area (Å²) in [7, 11) is 3.12. The standard InChI is InChI=1S/C25H22F3N3O2S/c1-16-8-4-7-11-22(16)31-23(18-12-19(32-2)14-20(13-18)33-3)29-30-24(31)34-15-17-9-5-6-10-21(17)25(26,27)28/h4-14H,15H2,1-3H3. The fraction of sp³-hybridized carbons (Fsp3) is 0.200. The summed E-state index contributed by atoms with van der Waals surface area (Å²) in [6.07, 6.45) is -4.43. The molecule has 0 unspecified atom stereocenters. The number of hydrogen-bond acceptors (Lipinski definition) is 5. The summed E-state index contributed by atoms with van der Waals surface area (Å²) < 4.78 is 53.1. The van der Waals surface area contributed by atoms with Crippen LogP contribution in [0.15, 0.2) is 71.9 Å². The number of aryl methyl sites for hydroxylation is 1. The van der Waals surface area contributed by atoms with Gasteiger partial charge < -0.3 is 9.47 Å². The molecule has 0 saturated heterocycles. The van der Waals surface area contributed by atoms with Gasteiger partial charge in [-0.1, -0.05) is 48.2 Å². The van der Waals surface area contributed by atoms with Crippen molar-refractivity contribution in [2.75, 3.05) is 14.2 Å². The van der Waals surface area contributed by atoms with E-state index in [1.54, 1.807) is 26.4 Å². The highest BCUT2D eigenvalue weighted by Gasteiger charge is 2.33. The molecule has 4 aromatic rings. The first-order valence-corrected chi connectivity index (χ1v) is 11.3. The van der Waals surface area contributed by atoms with Gasteiger partial charge in [-0.05, 0) is 42.3 Å². The van der Waals surface area contributed by atoms with Crippen molar-refractivity contribution in [1.29, 1.82) is 0 Å². The number of rotatable bonds is 7. The van der Waals surface area contributed by atoms with E-state index in [1.807, 2.05) is 47.9 Å². The van der Waals surface area contributed by atoms with E-state index in [2.05, 4.69) is 10.2 Å². The number of thioether (sulfide) groups is 1. The topological polar surface area (TPSA) is 49.2 Å². The molecule has 0 spiro atoms. The van der Waals surface area contributed by atoms with Gasteiger partial charge in [0.1, 0.15) is 11.5 Å². The minimum Gasteiger partial charge on any atom is -0.497 e. The highest BCUT2D eigenvalue weighted by Crippen LogP contribution is 2.37. The van der Waals surface area contributed by atoms with Crippen LogP contribution in [0.5, 0.6) is 11.5 Å². The molecule has 0 aliphatic rings. The molecule has 3 aromatic carbocycles. The molecular formula is C25H22F3N3O2S. The van der Waals surface area contributed by atoms with Crippen LogP contribution in [0.25, 0.3) is 17.1 Å². The van der Waals surface area contributed by atoms with Gasteiger partial charge in [0.05, 0.1) is 25.5 Å². The Labute approximate surface area is 199 Å². The maximum absolute atomic E-state index is 13.5. The van der Waals surface area contributed by atoms with Crippen molar-refractivity contribution in [1.82, 2.24) is 14.8 Å². The normalized spacial score (nSPS) is 11.5. The van der Waals surface area contributed by atoms with Gasteiger partial charge in [-0.2, -0.15) is 13.2 Å². The van der Waals surface area contributed by atoms with Gasteiger partial charge in [0.15, 0.2) is 11.0 Å². The summed E-state index contributed by atoms with van der Waals surface area (Å²) in [5.41, 5.74) is 2.03. The molecule has 9 heteroatoms. The lowest BCUT2D eigenvalue weighted by atomic mass is 10.1. The maximum atomic E-state index is 13.5. The minimum atomic E-state index is -4.43. The van der Waals surface area contributed by atoms with Crippen molar-refractivity contribution >= 4 is 11.8 Å². The van der Waals surface area contributed by atoms with Crippen molar-refractivity contribution in [3.05, 3.63) is 83.4 Å². The second kappa shape index (κ2) is 9.80. The Morgan fingerprint density at radius 1 is 0.882 bits per heavy atom. The van der Waals surface area contributed by atoms with Crippen molar-refractivity contribution in [3.63, 3.8) is 0 Å². The average Bonchev–Trinajstić information content (AvgIpc) is 3.26. The lowest BCUT2D eigenvalue weighted by Crippen LogP contribution is -2.08. The van der Waals surface area contributed by atoms with E-state index in [0.717, 1.165) is 17.3 Å². The Morgan fingerprint density at radius 2 is 1.53 bits per heavy atom. The number of methoxy groups -OCH3 is 2. The van der Waals surface area contributed by atoms with E-state index in [1.165, 1.54) is 23.9 Å². The third-order valence-corrected chi connectivity index (χ3v) is 6.26. The summed E-state index contributed by atoms with van der Waals surface area (Å²) in [4.78, 5) is 0. The Kier molecular flexibility index (Phi) is 6.83. The first-order chi connectivity index (χ1) is 16.3. The van der Waals surface area contributed by atoms with E-state index >= 15 is 0 Å². The fourth-order valence-corrected chi connectivity index (χ4v) is 4.53. The molecule has 0 radical (unpaired) electrons. The molecule has 0 atom stereocenters. The zero-order chi connectivity index (χ0) is 24.3. The third-order valence-electron chi connectivity index (χ3n) is 5.28. The Bertz CT molecular complexity index is 1280. The van der Waals surface area contributed by atoms with Crippen LogP contribution >= 0.6 is 11.8 Å².